The van der Waals surface area contributed by atoms with Crippen LogP contribution in [0, 0.1) is 0 Å². The molecule has 0 radical (unpaired) electrons. The molecule has 4 nitrogen and oxygen atoms in total. The fraction of sp³-hybridized carbons (Fsp3) is 0.200. The first-order valence-electron chi connectivity index (χ1n) is 6.29. The van der Waals surface area contributed by atoms with Crippen LogP contribution in [-0.4, -0.2) is 14.7 Å². The van der Waals surface area contributed by atoms with Crippen molar-refractivity contribution in [2.24, 2.45) is 5.73 Å². The van der Waals surface area contributed by atoms with Crippen LogP contribution in [0.2, 0.25) is 0 Å². The highest BCUT2D eigenvalue weighted by molar-refractivity contribution is 7.90. The molecule has 2 rings (SSSR count). The Morgan fingerprint density at radius 3 is 2.20 bits per heavy atom. The standard InChI is InChI=1S/C15H18N2O2S/c1-11(16)14-5-3-4-6-15(14)17-12-7-9-13(10-8-12)20(2,18)19/h3-11,17H,16H2,1-2H3. The molecule has 0 fully saturated rings. The maximum absolute atomic E-state index is 11.4. The van der Waals surface area contributed by atoms with Crippen LogP contribution in [-0.2, 0) is 9.84 Å². The third-order valence-electron chi connectivity index (χ3n) is 3.01. The van der Waals surface area contributed by atoms with Crippen LogP contribution in [0.15, 0.2) is 53.4 Å². The number of anilines is 2. The van der Waals surface area contributed by atoms with E-state index in [0.717, 1.165) is 16.9 Å². The molecule has 0 aliphatic heterocycles. The van der Waals surface area contributed by atoms with Gasteiger partial charge in [0.1, 0.15) is 0 Å². The average molecular weight is 290 g/mol. The zero-order valence-electron chi connectivity index (χ0n) is 11.5. The van der Waals surface area contributed by atoms with Gasteiger partial charge in [-0.15, -0.1) is 0 Å². The van der Waals surface area contributed by atoms with Crippen molar-refractivity contribution >= 4 is 21.2 Å². The Kier molecular flexibility index (Phi) is 4.11. The van der Waals surface area contributed by atoms with Crippen molar-refractivity contribution in [2.45, 2.75) is 17.9 Å². The van der Waals surface area contributed by atoms with E-state index in [1.807, 2.05) is 31.2 Å². The Bertz CT molecular complexity index is 692. The van der Waals surface area contributed by atoms with Gasteiger partial charge in [0.25, 0.3) is 0 Å². The molecule has 106 valence electrons. The summed E-state index contributed by atoms with van der Waals surface area (Å²) in [4.78, 5) is 0.309. The Hall–Kier alpha value is -1.85. The van der Waals surface area contributed by atoms with E-state index >= 15 is 0 Å². The number of nitrogens with one attached hydrogen (secondary N) is 1. The molecule has 0 aromatic heterocycles. The molecule has 2 aromatic rings. The summed E-state index contributed by atoms with van der Waals surface area (Å²) < 4.78 is 22.8. The van der Waals surface area contributed by atoms with E-state index in [9.17, 15) is 8.42 Å². The van der Waals surface area contributed by atoms with Crippen LogP contribution < -0.4 is 11.1 Å². The van der Waals surface area contributed by atoms with E-state index in [2.05, 4.69) is 5.32 Å². The van der Waals surface area contributed by atoms with E-state index in [1.54, 1.807) is 24.3 Å². The second-order valence-electron chi connectivity index (χ2n) is 4.80. The van der Waals surface area contributed by atoms with E-state index < -0.39 is 9.84 Å². The summed E-state index contributed by atoms with van der Waals surface area (Å²) >= 11 is 0. The molecule has 0 spiro atoms. The lowest BCUT2D eigenvalue weighted by atomic mass is 10.1. The van der Waals surface area contributed by atoms with Gasteiger partial charge in [0.15, 0.2) is 9.84 Å². The topological polar surface area (TPSA) is 72.2 Å². The van der Waals surface area contributed by atoms with Crippen molar-refractivity contribution < 1.29 is 8.42 Å². The van der Waals surface area contributed by atoms with Crippen LogP contribution in [0.4, 0.5) is 11.4 Å². The predicted molar refractivity (Wildman–Crippen MR) is 81.9 cm³/mol. The van der Waals surface area contributed by atoms with Crippen molar-refractivity contribution in [1.82, 2.24) is 0 Å². The lowest BCUT2D eigenvalue weighted by Gasteiger charge is -2.14. The highest BCUT2D eigenvalue weighted by Gasteiger charge is 2.08. The number of rotatable bonds is 4. The molecule has 3 N–H and O–H groups in total. The normalized spacial score (nSPS) is 12.9. The third-order valence-corrected chi connectivity index (χ3v) is 4.14. The van der Waals surface area contributed by atoms with E-state index in [-0.39, 0.29) is 6.04 Å². The highest BCUT2D eigenvalue weighted by atomic mass is 32.2. The summed E-state index contributed by atoms with van der Waals surface area (Å²) in [6, 6.07) is 14.4. The molecule has 0 aliphatic rings. The molecule has 0 aliphatic carbocycles. The SMILES string of the molecule is CC(N)c1ccccc1Nc1ccc(S(C)(=O)=O)cc1. The number of sulfone groups is 1. The molecule has 0 heterocycles. The van der Waals surface area contributed by atoms with E-state index in [1.165, 1.54) is 6.26 Å². The fourth-order valence-corrected chi connectivity index (χ4v) is 2.58. The van der Waals surface area contributed by atoms with Crippen molar-refractivity contribution in [3.63, 3.8) is 0 Å². The summed E-state index contributed by atoms with van der Waals surface area (Å²) in [7, 11) is -3.16. The Labute approximate surface area is 119 Å². The predicted octanol–water partition coefficient (Wildman–Crippen LogP) is 2.85. The monoisotopic (exact) mass is 290 g/mol. The molecule has 2 aromatic carbocycles. The van der Waals surface area contributed by atoms with Gasteiger partial charge in [-0.2, -0.15) is 0 Å². The summed E-state index contributed by atoms with van der Waals surface area (Å²) in [5.41, 5.74) is 8.69. The van der Waals surface area contributed by atoms with Gasteiger partial charge in [0.05, 0.1) is 4.90 Å². The maximum atomic E-state index is 11.4. The number of hydrogen-bond acceptors (Lipinski definition) is 4. The lowest BCUT2D eigenvalue weighted by molar-refractivity contribution is 0.602. The first-order valence-corrected chi connectivity index (χ1v) is 8.19. The zero-order chi connectivity index (χ0) is 14.8. The summed E-state index contributed by atoms with van der Waals surface area (Å²) in [6.45, 7) is 1.92. The molecule has 0 saturated heterocycles. The third kappa shape index (κ3) is 3.37. The zero-order valence-corrected chi connectivity index (χ0v) is 12.3. The molecule has 20 heavy (non-hydrogen) atoms. The Morgan fingerprint density at radius 1 is 1.05 bits per heavy atom. The summed E-state index contributed by atoms with van der Waals surface area (Å²) in [5, 5.41) is 3.26. The van der Waals surface area contributed by atoms with Crippen LogP contribution in [0.5, 0.6) is 0 Å². The molecule has 0 bridgehead atoms. The minimum absolute atomic E-state index is 0.0750. The quantitative estimate of drug-likeness (QED) is 0.908. The molecule has 0 saturated carbocycles. The van der Waals surface area contributed by atoms with E-state index in [0.29, 0.717) is 4.90 Å². The smallest absolute Gasteiger partial charge is 0.175 e. The number of para-hydroxylation sites is 1. The van der Waals surface area contributed by atoms with Crippen molar-refractivity contribution in [3.8, 4) is 0 Å². The summed E-state index contributed by atoms with van der Waals surface area (Å²) in [5.74, 6) is 0. The van der Waals surface area contributed by atoms with Crippen molar-refractivity contribution in [1.29, 1.82) is 0 Å². The Morgan fingerprint density at radius 2 is 1.65 bits per heavy atom. The molecule has 1 unspecified atom stereocenters. The number of benzene rings is 2. The van der Waals surface area contributed by atoms with E-state index in [4.69, 9.17) is 5.73 Å². The first kappa shape index (κ1) is 14.6. The van der Waals surface area contributed by atoms with Crippen molar-refractivity contribution in [2.75, 3.05) is 11.6 Å². The molecule has 0 amide bonds. The highest BCUT2D eigenvalue weighted by Crippen LogP contribution is 2.25. The van der Waals surface area contributed by atoms with Crippen LogP contribution >= 0.6 is 0 Å². The van der Waals surface area contributed by atoms with Gasteiger partial charge < -0.3 is 11.1 Å². The van der Waals surface area contributed by atoms with Crippen LogP contribution in [0.1, 0.15) is 18.5 Å². The van der Waals surface area contributed by atoms with Gasteiger partial charge >= 0.3 is 0 Å². The van der Waals surface area contributed by atoms with Gasteiger partial charge in [-0.25, -0.2) is 8.42 Å². The lowest BCUT2D eigenvalue weighted by Crippen LogP contribution is -2.07. The second-order valence-corrected chi connectivity index (χ2v) is 6.81. The maximum Gasteiger partial charge on any atom is 0.175 e. The average Bonchev–Trinajstić information content (AvgIpc) is 2.38. The first-order chi connectivity index (χ1) is 9.38. The van der Waals surface area contributed by atoms with Crippen LogP contribution in [0.25, 0.3) is 0 Å². The van der Waals surface area contributed by atoms with Crippen molar-refractivity contribution in [3.05, 3.63) is 54.1 Å². The summed E-state index contributed by atoms with van der Waals surface area (Å²) in [6.07, 6.45) is 1.20. The number of nitrogens with two attached hydrogens (primary N) is 1. The van der Waals surface area contributed by atoms with Gasteiger partial charge in [0.2, 0.25) is 0 Å². The van der Waals surface area contributed by atoms with Crippen LogP contribution in [0.3, 0.4) is 0 Å². The minimum Gasteiger partial charge on any atom is -0.355 e. The molecule has 5 heteroatoms. The minimum atomic E-state index is -3.16. The fourth-order valence-electron chi connectivity index (χ4n) is 1.95. The second kappa shape index (κ2) is 5.64. The molecular formula is C15H18N2O2S. The molecular weight excluding hydrogens is 272 g/mol. The Balaban J connectivity index is 2.27. The largest absolute Gasteiger partial charge is 0.355 e. The van der Waals surface area contributed by atoms with Gasteiger partial charge in [0, 0.05) is 23.7 Å². The molecule has 1 atom stereocenters. The van der Waals surface area contributed by atoms with Gasteiger partial charge in [-0.1, -0.05) is 18.2 Å². The van der Waals surface area contributed by atoms with Gasteiger partial charge in [-0.3, -0.25) is 0 Å². The number of hydrogen-bond donors (Lipinski definition) is 2. The van der Waals surface area contributed by atoms with Gasteiger partial charge in [-0.05, 0) is 42.8 Å².